The molecular weight excluding hydrogens is 378 g/mol. The van der Waals surface area contributed by atoms with Crippen LogP contribution in [0.3, 0.4) is 0 Å². The Morgan fingerprint density at radius 3 is 2.39 bits per heavy atom. The predicted molar refractivity (Wildman–Crippen MR) is 111 cm³/mol. The van der Waals surface area contributed by atoms with Crippen LogP contribution in [0.25, 0.3) is 11.2 Å². The van der Waals surface area contributed by atoms with E-state index in [0.717, 1.165) is 16.7 Å². The Bertz CT molecular complexity index is 1140. The van der Waals surface area contributed by atoms with Crippen molar-refractivity contribution < 1.29 is 4.79 Å². The lowest BCUT2D eigenvalue weighted by atomic mass is 10.1. The first-order chi connectivity index (χ1) is 13.4. The minimum atomic E-state index is -0.428. The second kappa shape index (κ2) is 8.05. The van der Waals surface area contributed by atoms with E-state index in [-0.39, 0.29) is 17.2 Å². The van der Waals surface area contributed by atoms with Crippen molar-refractivity contribution in [2.45, 2.75) is 32.0 Å². The fraction of sp³-hybridized carbons (Fsp3) is 0.368. The first-order valence-electron chi connectivity index (χ1n) is 9.05. The predicted octanol–water partition coefficient (Wildman–Crippen LogP) is 1.75. The number of carbonyl (C=O) groups is 1. The largest absolute Gasteiger partial charge is 0.332 e. The summed E-state index contributed by atoms with van der Waals surface area (Å²) in [7, 11) is 3.03. The number of carbonyl (C=O) groups excluding carboxylic acids is 1. The van der Waals surface area contributed by atoms with Crippen molar-refractivity contribution in [3.05, 3.63) is 50.7 Å². The third-order valence-electron chi connectivity index (χ3n) is 4.61. The summed E-state index contributed by atoms with van der Waals surface area (Å²) in [4.78, 5) is 41.4. The van der Waals surface area contributed by atoms with Crippen LogP contribution in [0.4, 0.5) is 5.69 Å². The molecule has 9 heteroatoms. The van der Waals surface area contributed by atoms with Crippen LogP contribution >= 0.6 is 11.8 Å². The van der Waals surface area contributed by atoms with Crippen molar-refractivity contribution in [2.24, 2.45) is 14.1 Å². The van der Waals surface area contributed by atoms with Gasteiger partial charge in [-0.25, -0.2) is 9.78 Å². The number of thioether (sulfide) groups is 1. The van der Waals surface area contributed by atoms with Crippen LogP contribution in [0.1, 0.15) is 19.4 Å². The van der Waals surface area contributed by atoms with Crippen LogP contribution in [-0.2, 0) is 31.9 Å². The van der Waals surface area contributed by atoms with Gasteiger partial charge in [0.2, 0.25) is 5.91 Å². The number of fused-ring (bicyclic) bond motifs is 1. The molecule has 3 rings (SSSR count). The van der Waals surface area contributed by atoms with Gasteiger partial charge in [-0.2, -0.15) is 0 Å². The van der Waals surface area contributed by atoms with Gasteiger partial charge in [-0.1, -0.05) is 30.8 Å². The minimum absolute atomic E-state index is 0.146. The monoisotopic (exact) mass is 401 g/mol. The van der Waals surface area contributed by atoms with Gasteiger partial charge in [-0.05, 0) is 31.0 Å². The number of rotatable bonds is 6. The number of imidazole rings is 1. The molecule has 1 amide bonds. The molecule has 28 heavy (non-hydrogen) atoms. The molecule has 0 saturated heterocycles. The van der Waals surface area contributed by atoms with Crippen LogP contribution in [0.15, 0.2) is 39.0 Å². The highest BCUT2D eigenvalue weighted by Gasteiger charge is 2.19. The molecule has 0 aliphatic carbocycles. The molecule has 0 saturated carbocycles. The second-order valence-electron chi connectivity index (χ2n) is 6.40. The Kier molecular flexibility index (Phi) is 5.73. The van der Waals surface area contributed by atoms with Crippen molar-refractivity contribution >= 4 is 34.5 Å². The normalized spacial score (nSPS) is 11.1. The quantitative estimate of drug-likeness (QED) is 0.636. The maximum atomic E-state index is 12.5. The van der Waals surface area contributed by atoms with Crippen molar-refractivity contribution in [1.82, 2.24) is 18.7 Å². The van der Waals surface area contributed by atoms with Gasteiger partial charge in [-0.15, -0.1) is 0 Å². The molecule has 0 aliphatic heterocycles. The van der Waals surface area contributed by atoms with Gasteiger partial charge >= 0.3 is 5.69 Å². The molecule has 0 radical (unpaired) electrons. The average Bonchev–Trinajstić information content (AvgIpc) is 3.08. The molecule has 0 fully saturated rings. The van der Waals surface area contributed by atoms with Crippen molar-refractivity contribution in [1.29, 1.82) is 0 Å². The van der Waals surface area contributed by atoms with Gasteiger partial charge in [0.25, 0.3) is 5.56 Å². The fourth-order valence-corrected chi connectivity index (χ4v) is 3.84. The third kappa shape index (κ3) is 3.62. The van der Waals surface area contributed by atoms with Crippen molar-refractivity contribution in [3.8, 4) is 0 Å². The Balaban J connectivity index is 1.83. The van der Waals surface area contributed by atoms with E-state index in [4.69, 9.17) is 0 Å². The molecule has 2 aromatic heterocycles. The van der Waals surface area contributed by atoms with E-state index < -0.39 is 5.69 Å². The SMILES string of the molecule is CCc1ccc(NC(=O)CSc2nc3c(c(=O)n(C)c(=O)n3C)n2CC)cc1. The van der Waals surface area contributed by atoms with Gasteiger partial charge < -0.3 is 9.88 Å². The Morgan fingerprint density at radius 2 is 1.79 bits per heavy atom. The molecule has 1 N–H and O–H groups in total. The van der Waals surface area contributed by atoms with Crippen molar-refractivity contribution in [2.75, 3.05) is 11.1 Å². The van der Waals surface area contributed by atoms with Crippen molar-refractivity contribution in [3.63, 3.8) is 0 Å². The van der Waals surface area contributed by atoms with E-state index in [2.05, 4.69) is 17.2 Å². The van der Waals surface area contributed by atoms with E-state index >= 15 is 0 Å². The molecule has 0 unspecified atom stereocenters. The van der Waals surface area contributed by atoms with Crippen LogP contribution in [0.2, 0.25) is 0 Å². The first kappa shape index (κ1) is 19.9. The van der Waals surface area contributed by atoms with E-state index in [1.165, 1.54) is 28.9 Å². The number of hydrogen-bond donors (Lipinski definition) is 1. The van der Waals surface area contributed by atoms with Crippen LogP contribution < -0.4 is 16.6 Å². The number of aromatic nitrogens is 4. The lowest BCUT2D eigenvalue weighted by molar-refractivity contribution is -0.113. The van der Waals surface area contributed by atoms with Crippen LogP contribution in [0, 0.1) is 0 Å². The maximum absolute atomic E-state index is 12.5. The first-order valence-corrected chi connectivity index (χ1v) is 10.0. The second-order valence-corrected chi connectivity index (χ2v) is 7.35. The maximum Gasteiger partial charge on any atom is 0.332 e. The smallest absolute Gasteiger partial charge is 0.325 e. The van der Waals surface area contributed by atoms with E-state index in [0.29, 0.717) is 22.9 Å². The lowest BCUT2D eigenvalue weighted by Crippen LogP contribution is -2.37. The zero-order valence-corrected chi connectivity index (χ0v) is 17.2. The summed E-state index contributed by atoms with van der Waals surface area (Å²) < 4.78 is 4.16. The summed E-state index contributed by atoms with van der Waals surface area (Å²) in [6.45, 7) is 4.48. The number of benzene rings is 1. The molecule has 8 nitrogen and oxygen atoms in total. The van der Waals surface area contributed by atoms with Gasteiger partial charge in [0.05, 0.1) is 5.75 Å². The minimum Gasteiger partial charge on any atom is -0.325 e. The summed E-state index contributed by atoms with van der Waals surface area (Å²) >= 11 is 1.24. The molecule has 0 aliphatic rings. The summed E-state index contributed by atoms with van der Waals surface area (Å²) in [6, 6.07) is 7.72. The molecule has 1 aromatic carbocycles. The van der Waals surface area contributed by atoms with Crippen LogP contribution in [0.5, 0.6) is 0 Å². The van der Waals surface area contributed by atoms with Crippen LogP contribution in [-0.4, -0.2) is 30.3 Å². The van der Waals surface area contributed by atoms with E-state index in [9.17, 15) is 14.4 Å². The highest BCUT2D eigenvalue weighted by Crippen LogP contribution is 2.22. The number of nitrogens with zero attached hydrogens (tertiary/aromatic N) is 4. The summed E-state index contributed by atoms with van der Waals surface area (Å²) in [5.74, 6) is -0.0154. The summed E-state index contributed by atoms with van der Waals surface area (Å²) in [5, 5.41) is 3.39. The fourth-order valence-electron chi connectivity index (χ4n) is 2.98. The topological polar surface area (TPSA) is 90.9 Å². The van der Waals surface area contributed by atoms with Gasteiger partial charge in [0.1, 0.15) is 0 Å². The molecule has 0 spiro atoms. The Hall–Kier alpha value is -2.81. The van der Waals surface area contributed by atoms with Gasteiger partial charge in [-0.3, -0.25) is 18.7 Å². The zero-order chi connectivity index (χ0) is 20.4. The number of amides is 1. The number of nitrogens with one attached hydrogen (secondary N) is 1. The van der Waals surface area contributed by atoms with Gasteiger partial charge in [0, 0.05) is 26.3 Å². The highest BCUT2D eigenvalue weighted by molar-refractivity contribution is 7.99. The Labute approximate surface area is 166 Å². The summed E-state index contributed by atoms with van der Waals surface area (Å²) in [6.07, 6.45) is 0.944. The molecular formula is C19H23N5O3S. The standard InChI is InChI=1S/C19H23N5O3S/c1-5-12-7-9-13(10-8-12)20-14(25)11-28-18-21-16-15(24(18)6-2)17(26)23(4)19(27)22(16)3/h7-10H,5-6,11H2,1-4H3,(H,20,25). The molecule has 148 valence electrons. The Morgan fingerprint density at radius 1 is 1.11 bits per heavy atom. The molecule has 2 heterocycles. The summed E-state index contributed by atoms with van der Waals surface area (Å²) in [5.41, 5.74) is 1.82. The zero-order valence-electron chi connectivity index (χ0n) is 16.4. The van der Waals surface area contributed by atoms with Gasteiger partial charge in [0.15, 0.2) is 16.3 Å². The number of hydrogen-bond acceptors (Lipinski definition) is 5. The third-order valence-corrected chi connectivity index (χ3v) is 5.58. The molecule has 0 bridgehead atoms. The lowest BCUT2D eigenvalue weighted by Gasteiger charge is -2.07. The number of aryl methyl sites for hydroxylation is 3. The van der Waals surface area contributed by atoms with E-state index in [1.54, 1.807) is 11.6 Å². The average molecular weight is 401 g/mol. The highest BCUT2D eigenvalue weighted by atomic mass is 32.2. The molecule has 0 atom stereocenters. The number of anilines is 1. The molecule has 3 aromatic rings. The van der Waals surface area contributed by atoms with E-state index in [1.807, 2.05) is 31.2 Å².